The van der Waals surface area contributed by atoms with Gasteiger partial charge in [-0.15, -0.1) is 0 Å². The Morgan fingerprint density at radius 3 is 2.30 bits per heavy atom. The number of carboxylic acid groups (broad SMARTS) is 1. The number of pyridine rings is 1. The second kappa shape index (κ2) is 11.5. The van der Waals surface area contributed by atoms with Crippen LogP contribution in [0.2, 0.25) is 0 Å². The Balaban J connectivity index is 1.34. The largest absolute Gasteiger partial charge is 0.487 e. The summed E-state index contributed by atoms with van der Waals surface area (Å²) in [4.78, 5) is 36.9. The van der Waals surface area contributed by atoms with E-state index in [-0.39, 0.29) is 18.2 Å². The van der Waals surface area contributed by atoms with Gasteiger partial charge in [-0.25, -0.2) is 19.7 Å². The number of amides is 2. The summed E-state index contributed by atoms with van der Waals surface area (Å²) in [5, 5.41) is 14.9. The SMILES string of the molecule is COc1ccc(-c2cc(OCc3ccc(C(=O)Nc4ccccc4NC(=O)O)cc3)c3ncnc(C)c3c2)cn1. The average Bonchev–Trinajstić information content (AvgIpc) is 2.97. The van der Waals surface area contributed by atoms with Crippen molar-refractivity contribution in [2.24, 2.45) is 0 Å². The lowest BCUT2D eigenvalue weighted by Crippen LogP contribution is -2.15. The molecule has 0 atom stereocenters. The summed E-state index contributed by atoms with van der Waals surface area (Å²) in [5.74, 6) is 0.753. The maximum atomic E-state index is 12.8. The molecule has 3 N–H and O–H groups in total. The standard InChI is InChI=1S/C30H25N5O5/c1-18-23-13-22(21-11-12-27(39-2)31-15-21)14-26(28(23)33-17-32-18)40-16-19-7-9-20(10-8-19)29(36)34-24-5-3-4-6-25(24)35-30(37)38/h3-15,17,35H,16H2,1-2H3,(H,34,36)(H,37,38). The molecule has 10 nitrogen and oxygen atoms in total. The van der Waals surface area contributed by atoms with Crippen LogP contribution >= 0.6 is 0 Å². The van der Waals surface area contributed by atoms with Crippen molar-refractivity contribution < 1.29 is 24.2 Å². The number of nitrogens with one attached hydrogen (secondary N) is 2. The zero-order chi connectivity index (χ0) is 28.1. The Morgan fingerprint density at radius 2 is 1.62 bits per heavy atom. The number of benzene rings is 3. The fourth-order valence-electron chi connectivity index (χ4n) is 4.13. The Bertz CT molecular complexity index is 1690. The molecule has 3 aromatic carbocycles. The van der Waals surface area contributed by atoms with E-state index in [2.05, 4.69) is 25.6 Å². The minimum Gasteiger partial charge on any atom is -0.487 e. The Hall–Kier alpha value is -5.51. The summed E-state index contributed by atoms with van der Waals surface area (Å²) >= 11 is 0. The average molecular weight is 536 g/mol. The van der Waals surface area contributed by atoms with E-state index >= 15 is 0 Å². The fraction of sp³-hybridized carbons (Fsp3) is 0.100. The summed E-state index contributed by atoms with van der Waals surface area (Å²) in [7, 11) is 1.57. The second-order valence-electron chi connectivity index (χ2n) is 8.83. The first-order chi connectivity index (χ1) is 19.4. The highest BCUT2D eigenvalue weighted by atomic mass is 16.5. The van der Waals surface area contributed by atoms with Gasteiger partial charge in [0.2, 0.25) is 5.88 Å². The van der Waals surface area contributed by atoms with Gasteiger partial charge < -0.3 is 19.9 Å². The van der Waals surface area contributed by atoms with E-state index in [4.69, 9.17) is 14.6 Å². The van der Waals surface area contributed by atoms with Crippen molar-refractivity contribution in [1.29, 1.82) is 0 Å². The zero-order valence-electron chi connectivity index (χ0n) is 21.7. The van der Waals surface area contributed by atoms with Gasteiger partial charge in [-0.3, -0.25) is 10.1 Å². The molecule has 0 fully saturated rings. The third-order valence-electron chi connectivity index (χ3n) is 6.21. The third kappa shape index (κ3) is 5.81. The number of aromatic nitrogens is 3. The van der Waals surface area contributed by atoms with Crippen LogP contribution in [0.25, 0.3) is 22.0 Å². The van der Waals surface area contributed by atoms with Crippen LogP contribution < -0.4 is 20.1 Å². The topological polar surface area (TPSA) is 136 Å². The number of rotatable bonds is 8. The monoisotopic (exact) mass is 535 g/mol. The van der Waals surface area contributed by atoms with E-state index in [1.54, 1.807) is 67.9 Å². The van der Waals surface area contributed by atoms with Gasteiger partial charge >= 0.3 is 6.09 Å². The van der Waals surface area contributed by atoms with Crippen LogP contribution in [0, 0.1) is 6.92 Å². The first kappa shape index (κ1) is 26.1. The molecule has 0 bridgehead atoms. The number of carbonyl (C=O) groups excluding carboxylic acids is 1. The molecule has 2 heterocycles. The summed E-state index contributed by atoms with van der Waals surface area (Å²) in [6, 6.07) is 21.2. The Labute approximate surface area is 229 Å². The molecule has 5 rings (SSSR count). The molecule has 200 valence electrons. The van der Waals surface area contributed by atoms with Gasteiger partial charge in [0.05, 0.1) is 18.5 Å². The maximum absolute atomic E-state index is 12.8. The first-order valence-corrected chi connectivity index (χ1v) is 12.3. The van der Waals surface area contributed by atoms with Gasteiger partial charge in [-0.1, -0.05) is 24.3 Å². The lowest BCUT2D eigenvalue weighted by Gasteiger charge is -2.13. The predicted octanol–water partition coefficient (Wildman–Crippen LogP) is 5.93. The molecule has 40 heavy (non-hydrogen) atoms. The number of anilines is 2. The van der Waals surface area contributed by atoms with Gasteiger partial charge in [0.15, 0.2) is 0 Å². The van der Waals surface area contributed by atoms with E-state index in [1.807, 2.05) is 25.1 Å². The van der Waals surface area contributed by atoms with Crippen LogP contribution in [0.15, 0.2) is 85.3 Å². The highest BCUT2D eigenvalue weighted by Crippen LogP contribution is 2.33. The second-order valence-corrected chi connectivity index (χ2v) is 8.83. The molecule has 0 unspecified atom stereocenters. The van der Waals surface area contributed by atoms with E-state index in [0.29, 0.717) is 28.4 Å². The van der Waals surface area contributed by atoms with E-state index in [1.165, 1.54) is 6.33 Å². The molecule has 10 heteroatoms. The fourth-order valence-corrected chi connectivity index (χ4v) is 4.13. The third-order valence-corrected chi connectivity index (χ3v) is 6.21. The molecule has 0 aliphatic heterocycles. The van der Waals surface area contributed by atoms with Crippen molar-refractivity contribution in [3.63, 3.8) is 0 Å². The molecule has 0 saturated carbocycles. The quantitative estimate of drug-likeness (QED) is 0.222. The van der Waals surface area contributed by atoms with Crippen molar-refractivity contribution >= 4 is 34.3 Å². The molecule has 0 saturated heterocycles. The molecular weight excluding hydrogens is 510 g/mol. The number of para-hydroxylation sites is 2. The molecular formula is C30H25N5O5. The van der Waals surface area contributed by atoms with E-state index < -0.39 is 6.09 Å². The number of fused-ring (bicyclic) bond motifs is 1. The normalized spacial score (nSPS) is 10.7. The van der Waals surface area contributed by atoms with Gasteiger partial charge in [-0.2, -0.15) is 0 Å². The van der Waals surface area contributed by atoms with Crippen molar-refractivity contribution in [2.45, 2.75) is 13.5 Å². The first-order valence-electron chi connectivity index (χ1n) is 12.3. The minimum atomic E-state index is -1.22. The van der Waals surface area contributed by atoms with Crippen LogP contribution in [0.5, 0.6) is 11.6 Å². The lowest BCUT2D eigenvalue weighted by atomic mass is 10.0. The van der Waals surface area contributed by atoms with E-state index in [0.717, 1.165) is 27.8 Å². The van der Waals surface area contributed by atoms with Gasteiger partial charge in [0.1, 0.15) is 24.2 Å². The Kier molecular flexibility index (Phi) is 7.49. The number of nitrogens with zero attached hydrogens (tertiary/aromatic N) is 3. The minimum absolute atomic E-state index is 0.246. The van der Waals surface area contributed by atoms with Crippen LogP contribution in [-0.2, 0) is 6.61 Å². The zero-order valence-corrected chi connectivity index (χ0v) is 21.7. The number of hydrogen-bond donors (Lipinski definition) is 3. The lowest BCUT2D eigenvalue weighted by molar-refractivity contribution is 0.102. The van der Waals surface area contributed by atoms with Gasteiger partial charge in [0.25, 0.3) is 5.91 Å². The highest BCUT2D eigenvalue weighted by molar-refractivity contribution is 6.06. The Morgan fingerprint density at radius 1 is 0.875 bits per heavy atom. The van der Waals surface area contributed by atoms with Crippen molar-refractivity contribution in [1.82, 2.24) is 15.0 Å². The molecule has 5 aromatic rings. The number of ether oxygens (including phenoxy) is 2. The summed E-state index contributed by atoms with van der Waals surface area (Å²) in [6.07, 6.45) is 2.03. The molecule has 2 aromatic heterocycles. The van der Waals surface area contributed by atoms with Crippen molar-refractivity contribution in [3.05, 3.63) is 102 Å². The number of aryl methyl sites for hydroxylation is 1. The molecule has 0 aliphatic carbocycles. The molecule has 0 radical (unpaired) electrons. The van der Waals surface area contributed by atoms with Gasteiger partial charge in [0, 0.05) is 34.5 Å². The molecule has 0 aliphatic rings. The van der Waals surface area contributed by atoms with Crippen LogP contribution in [-0.4, -0.2) is 39.2 Å². The highest BCUT2D eigenvalue weighted by Gasteiger charge is 2.13. The number of carbonyl (C=O) groups is 2. The maximum Gasteiger partial charge on any atom is 0.409 e. The van der Waals surface area contributed by atoms with Crippen LogP contribution in [0.3, 0.4) is 0 Å². The number of hydrogen-bond acceptors (Lipinski definition) is 7. The summed E-state index contributed by atoms with van der Waals surface area (Å²) in [6.45, 7) is 2.17. The summed E-state index contributed by atoms with van der Waals surface area (Å²) in [5.41, 5.74) is 5.23. The predicted molar refractivity (Wildman–Crippen MR) is 151 cm³/mol. The van der Waals surface area contributed by atoms with Crippen LogP contribution in [0.1, 0.15) is 21.6 Å². The van der Waals surface area contributed by atoms with Crippen LogP contribution in [0.4, 0.5) is 16.2 Å². The van der Waals surface area contributed by atoms with Crippen molar-refractivity contribution in [2.75, 3.05) is 17.7 Å². The molecule has 0 spiro atoms. The number of methoxy groups -OCH3 is 1. The van der Waals surface area contributed by atoms with Crippen molar-refractivity contribution in [3.8, 4) is 22.8 Å². The van der Waals surface area contributed by atoms with Gasteiger partial charge in [-0.05, 0) is 60.5 Å². The van der Waals surface area contributed by atoms with E-state index in [9.17, 15) is 9.59 Å². The molecule has 2 amide bonds. The smallest absolute Gasteiger partial charge is 0.409 e. The summed E-state index contributed by atoms with van der Waals surface area (Å²) < 4.78 is 11.4.